The van der Waals surface area contributed by atoms with Crippen LogP contribution in [0.25, 0.3) is 22.2 Å². The maximum absolute atomic E-state index is 14.4. The van der Waals surface area contributed by atoms with Gasteiger partial charge in [0.25, 0.3) is 0 Å². The van der Waals surface area contributed by atoms with Crippen LogP contribution in [0.2, 0.25) is 0 Å². The second kappa shape index (κ2) is 9.77. The first-order valence-corrected chi connectivity index (χ1v) is 11.2. The minimum atomic E-state index is -1.22. The van der Waals surface area contributed by atoms with Gasteiger partial charge in [0.1, 0.15) is 12.1 Å². The number of carboxylic acid groups (broad SMARTS) is 1. The summed E-state index contributed by atoms with van der Waals surface area (Å²) < 4.78 is 43.6. The Labute approximate surface area is 200 Å². The first kappa shape index (κ1) is 24.3. The normalized spacial score (nSPS) is 11.4. The van der Waals surface area contributed by atoms with Crippen molar-refractivity contribution in [2.75, 3.05) is 11.9 Å². The van der Waals surface area contributed by atoms with Crippen LogP contribution < -0.4 is 5.32 Å². The molecule has 182 valence electrons. The zero-order valence-corrected chi connectivity index (χ0v) is 19.6. The highest BCUT2D eigenvalue weighted by Crippen LogP contribution is 2.28. The van der Waals surface area contributed by atoms with Crippen LogP contribution in [0.15, 0.2) is 42.7 Å². The number of aromatic carboxylic acids is 1. The van der Waals surface area contributed by atoms with Gasteiger partial charge in [0, 0.05) is 41.9 Å². The fourth-order valence-electron chi connectivity index (χ4n) is 4.24. The van der Waals surface area contributed by atoms with Crippen molar-refractivity contribution < 1.29 is 23.1 Å². The Hall–Kier alpha value is -3.88. The van der Waals surface area contributed by atoms with E-state index < -0.39 is 23.4 Å². The van der Waals surface area contributed by atoms with Crippen molar-refractivity contribution in [1.29, 1.82) is 0 Å². The highest BCUT2D eigenvalue weighted by molar-refractivity contribution is 5.90. The van der Waals surface area contributed by atoms with Gasteiger partial charge in [-0.3, -0.25) is 0 Å². The molecule has 2 heterocycles. The molecule has 2 aromatic heterocycles. The Morgan fingerprint density at radius 2 is 1.86 bits per heavy atom. The van der Waals surface area contributed by atoms with Gasteiger partial charge >= 0.3 is 5.97 Å². The predicted octanol–water partition coefficient (Wildman–Crippen LogP) is 5.83. The van der Waals surface area contributed by atoms with Crippen molar-refractivity contribution in [2.24, 2.45) is 5.92 Å². The van der Waals surface area contributed by atoms with Crippen LogP contribution in [0, 0.1) is 30.3 Å². The Morgan fingerprint density at radius 3 is 2.57 bits per heavy atom. The first-order valence-electron chi connectivity index (χ1n) is 11.2. The SMILES string of the molecule is Cc1cc2c(F)c(F)cc(F)c2n1CCNc1cc(-c2ccc(C(=O)O)c(CC(C)C)c2)ncn1. The number of rotatable bonds is 8. The number of carbonyl (C=O) groups is 1. The number of hydrogen-bond donors (Lipinski definition) is 2. The number of aryl methyl sites for hydroxylation is 1. The van der Waals surface area contributed by atoms with Crippen molar-refractivity contribution in [3.63, 3.8) is 0 Å². The van der Waals surface area contributed by atoms with Crippen LogP contribution in [0.1, 0.15) is 35.5 Å². The van der Waals surface area contributed by atoms with Gasteiger partial charge in [0.15, 0.2) is 17.5 Å². The summed E-state index contributed by atoms with van der Waals surface area (Å²) >= 11 is 0. The van der Waals surface area contributed by atoms with Gasteiger partial charge in [-0.1, -0.05) is 19.9 Å². The van der Waals surface area contributed by atoms with Crippen LogP contribution in [0.4, 0.5) is 19.0 Å². The maximum atomic E-state index is 14.4. The van der Waals surface area contributed by atoms with Crippen molar-refractivity contribution in [3.05, 3.63) is 77.0 Å². The van der Waals surface area contributed by atoms with E-state index >= 15 is 0 Å². The average Bonchev–Trinajstić information content (AvgIpc) is 3.14. The lowest BCUT2D eigenvalue weighted by Crippen LogP contribution is -2.13. The van der Waals surface area contributed by atoms with Crippen LogP contribution >= 0.6 is 0 Å². The van der Waals surface area contributed by atoms with Crippen molar-refractivity contribution in [1.82, 2.24) is 14.5 Å². The third kappa shape index (κ3) is 4.99. The lowest BCUT2D eigenvalue weighted by Gasteiger charge is -2.13. The Morgan fingerprint density at radius 1 is 1.09 bits per heavy atom. The molecule has 4 rings (SSSR count). The molecule has 0 aliphatic heterocycles. The summed E-state index contributed by atoms with van der Waals surface area (Å²) in [6.07, 6.45) is 2.02. The molecular weight excluding hydrogens is 457 g/mol. The van der Waals surface area contributed by atoms with Crippen LogP contribution in [0.3, 0.4) is 0 Å². The molecule has 0 bridgehead atoms. The highest BCUT2D eigenvalue weighted by atomic mass is 19.2. The van der Waals surface area contributed by atoms with Crippen LogP contribution in [0.5, 0.6) is 0 Å². The number of carboxylic acids is 1. The molecule has 9 heteroatoms. The van der Waals surface area contributed by atoms with E-state index in [-0.39, 0.29) is 22.4 Å². The first-order chi connectivity index (χ1) is 16.7. The quantitative estimate of drug-likeness (QED) is 0.309. The van der Waals surface area contributed by atoms with Gasteiger partial charge in [0.2, 0.25) is 0 Å². The van der Waals surface area contributed by atoms with Crippen molar-refractivity contribution in [2.45, 2.75) is 33.7 Å². The lowest BCUT2D eigenvalue weighted by molar-refractivity contribution is 0.0695. The average molecular weight is 483 g/mol. The van der Waals surface area contributed by atoms with E-state index in [1.807, 2.05) is 19.9 Å². The van der Waals surface area contributed by atoms with E-state index in [4.69, 9.17) is 0 Å². The molecule has 2 N–H and O–H groups in total. The van der Waals surface area contributed by atoms with E-state index in [1.54, 1.807) is 29.7 Å². The smallest absolute Gasteiger partial charge is 0.335 e. The summed E-state index contributed by atoms with van der Waals surface area (Å²) in [4.78, 5) is 20.1. The second-order valence-electron chi connectivity index (χ2n) is 8.84. The molecule has 0 fully saturated rings. The maximum Gasteiger partial charge on any atom is 0.335 e. The molecule has 35 heavy (non-hydrogen) atoms. The van der Waals surface area contributed by atoms with Crippen LogP contribution in [-0.4, -0.2) is 32.2 Å². The lowest BCUT2D eigenvalue weighted by atomic mass is 9.95. The molecule has 2 aromatic carbocycles. The fraction of sp³-hybridized carbons (Fsp3) is 0.269. The van der Waals surface area contributed by atoms with E-state index in [0.717, 1.165) is 11.1 Å². The number of aromatic nitrogens is 3. The second-order valence-corrected chi connectivity index (χ2v) is 8.84. The van der Waals surface area contributed by atoms with Crippen molar-refractivity contribution in [3.8, 4) is 11.3 Å². The summed E-state index contributed by atoms with van der Waals surface area (Å²) in [5.41, 5.74) is 3.01. The van der Waals surface area contributed by atoms with Gasteiger partial charge < -0.3 is 15.0 Å². The molecule has 0 saturated carbocycles. The molecule has 6 nitrogen and oxygen atoms in total. The largest absolute Gasteiger partial charge is 0.478 e. The van der Waals surface area contributed by atoms with E-state index in [0.29, 0.717) is 42.8 Å². The summed E-state index contributed by atoms with van der Waals surface area (Å²) in [6, 6.07) is 8.86. The van der Waals surface area contributed by atoms with E-state index in [9.17, 15) is 23.1 Å². The highest BCUT2D eigenvalue weighted by Gasteiger charge is 2.18. The third-order valence-corrected chi connectivity index (χ3v) is 5.80. The molecule has 0 amide bonds. The molecule has 0 aliphatic rings. The zero-order valence-electron chi connectivity index (χ0n) is 19.6. The molecule has 0 radical (unpaired) electrons. The number of anilines is 1. The number of nitrogens with zero attached hydrogens (tertiary/aromatic N) is 3. The molecule has 0 spiro atoms. The third-order valence-electron chi connectivity index (χ3n) is 5.80. The van der Waals surface area contributed by atoms with Gasteiger partial charge in [0.05, 0.1) is 16.8 Å². The summed E-state index contributed by atoms with van der Waals surface area (Å²) in [6.45, 7) is 6.39. The minimum Gasteiger partial charge on any atom is -0.478 e. The Kier molecular flexibility index (Phi) is 6.77. The number of nitrogens with one attached hydrogen (secondary N) is 1. The zero-order chi connectivity index (χ0) is 25.3. The van der Waals surface area contributed by atoms with Crippen LogP contribution in [-0.2, 0) is 13.0 Å². The molecule has 0 aliphatic carbocycles. The Bertz CT molecular complexity index is 1420. The molecule has 4 aromatic rings. The standard InChI is InChI=1S/C26H25F3N4O2/c1-14(2)8-17-10-16(4-5-18(17)26(34)35)22-12-23(32-13-31-22)30-6-7-33-15(3)9-19-24(29)20(27)11-21(28)25(19)33/h4-5,9-14H,6-8H2,1-3H3,(H,34,35)(H,30,31,32). The number of benzene rings is 2. The molecule has 0 saturated heterocycles. The summed E-state index contributed by atoms with van der Waals surface area (Å²) in [7, 11) is 0. The monoisotopic (exact) mass is 482 g/mol. The molecular formula is C26H25F3N4O2. The molecule has 0 atom stereocenters. The molecule has 0 unspecified atom stereocenters. The van der Waals surface area contributed by atoms with E-state index in [1.165, 1.54) is 12.4 Å². The fourth-order valence-corrected chi connectivity index (χ4v) is 4.24. The summed E-state index contributed by atoms with van der Waals surface area (Å²) in [5, 5.41) is 12.5. The minimum absolute atomic E-state index is 0.0165. The van der Waals surface area contributed by atoms with Gasteiger partial charge in [-0.05, 0) is 43.0 Å². The van der Waals surface area contributed by atoms with Gasteiger partial charge in [-0.15, -0.1) is 0 Å². The van der Waals surface area contributed by atoms with Crippen molar-refractivity contribution >= 4 is 22.7 Å². The number of halogens is 3. The number of fused-ring (bicyclic) bond motifs is 1. The predicted molar refractivity (Wildman–Crippen MR) is 128 cm³/mol. The summed E-state index contributed by atoms with van der Waals surface area (Å²) in [5.74, 6) is -3.26. The number of hydrogen-bond acceptors (Lipinski definition) is 4. The van der Waals surface area contributed by atoms with E-state index in [2.05, 4.69) is 15.3 Å². The van der Waals surface area contributed by atoms with Gasteiger partial charge in [-0.25, -0.2) is 27.9 Å². The topological polar surface area (TPSA) is 80.0 Å². The Balaban J connectivity index is 1.54. The van der Waals surface area contributed by atoms with Gasteiger partial charge in [-0.2, -0.15) is 0 Å².